The Hall–Kier alpha value is -0.630. The maximum Gasteiger partial charge on any atom is 0.0480 e. The molecule has 1 aliphatic carbocycles. The maximum absolute atomic E-state index is 3.75. The monoisotopic (exact) mass is 277 g/mol. The minimum atomic E-state index is 0.474. The van der Waals surface area contributed by atoms with E-state index in [4.69, 9.17) is 0 Å². The molecule has 0 heterocycles. The van der Waals surface area contributed by atoms with Gasteiger partial charge in [0.1, 0.15) is 0 Å². The maximum atomic E-state index is 3.75. The molecule has 1 aliphatic rings. The zero-order valence-corrected chi connectivity index (χ0v) is 13.5. The second-order valence-electron chi connectivity index (χ2n) is 6.76. The van der Waals surface area contributed by atoms with E-state index < -0.39 is 0 Å². The number of para-hydroxylation sites is 1. The summed E-state index contributed by atoms with van der Waals surface area (Å²) in [5.41, 5.74) is 1.79. The molecule has 1 aromatic rings. The van der Waals surface area contributed by atoms with E-state index in [-0.39, 0.29) is 0 Å². The van der Waals surface area contributed by atoms with Crippen molar-refractivity contribution < 1.29 is 0 Å². The van der Waals surface area contributed by atoms with Gasteiger partial charge >= 0.3 is 0 Å². The van der Waals surface area contributed by atoms with E-state index in [1.807, 2.05) is 11.8 Å². The molecule has 0 aliphatic heterocycles. The molecule has 1 N–H and O–H groups in total. The molecule has 0 atom stereocenters. The van der Waals surface area contributed by atoms with Gasteiger partial charge in [-0.2, -0.15) is 0 Å². The Morgan fingerprint density at radius 2 is 1.68 bits per heavy atom. The standard InChI is InChI=1S/C17H27NS/c1-17(2,3)13-9-11-14(12-10-13)18-15-7-5-6-8-16(15)19-4/h5-8,13-14,18H,9-12H2,1-4H3. The highest BCUT2D eigenvalue weighted by atomic mass is 32.2. The third-order valence-corrected chi connectivity index (χ3v) is 5.21. The molecule has 0 radical (unpaired) electrons. The summed E-state index contributed by atoms with van der Waals surface area (Å²) in [5, 5.41) is 3.75. The second kappa shape index (κ2) is 6.21. The summed E-state index contributed by atoms with van der Waals surface area (Å²) in [7, 11) is 0. The molecule has 1 saturated carbocycles. The molecule has 1 aromatic carbocycles. The van der Waals surface area contributed by atoms with E-state index in [0.29, 0.717) is 11.5 Å². The van der Waals surface area contributed by atoms with Crippen LogP contribution in [0.3, 0.4) is 0 Å². The van der Waals surface area contributed by atoms with Crippen LogP contribution in [0.15, 0.2) is 29.2 Å². The van der Waals surface area contributed by atoms with Crippen molar-refractivity contribution in [1.82, 2.24) is 0 Å². The smallest absolute Gasteiger partial charge is 0.0480 e. The van der Waals surface area contributed by atoms with E-state index >= 15 is 0 Å². The minimum Gasteiger partial charge on any atom is -0.381 e. The average Bonchev–Trinajstić information content (AvgIpc) is 2.39. The highest BCUT2D eigenvalue weighted by Gasteiger charge is 2.29. The lowest BCUT2D eigenvalue weighted by atomic mass is 9.71. The summed E-state index contributed by atoms with van der Waals surface area (Å²) in [6, 6.07) is 9.32. The van der Waals surface area contributed by atoms with Gasteiger partial charge in [0, 0.05) is 16.6 Å². The molecule has 0 saturated heterocycles. The van der Waals surface area contributed by atoms with Gasteiger partial charge in [0.25, 0.3) is 0 Å². The van der Waals surface area contributed by atoms with Crippen molar-refractivity contribution >= 4 is 17.4 Å². The predicted octanol–water partition coefficient (Wildman–Crippen LogP) is 5.43. The summed E-state index contributed by atoms with van der Waals surface area (Å²) < 4.78 is 0. The molecule has 0 amide bonds. The first-order valence-electron chi connectivity index (χ1n) is 7.40. The van der Waals surface area contributed by atoms with Crippen LogP contribution in [0, 0.1) is 11.3 Å². The molecular weight excluding hydrogens is 250 g/mol. The highest BCUT2D eigenvalue weighted by Crippen LogP contribution is 2.39. The van der Waals surface area contributed by atoms with Crippen LogP contribution in [0.5, 0.6) is 0 Å². The number of hydrogen-bond acceptors (Lipinski definition) is 2. The summed E-state index contributed by atoms with van der Waals surface area (Å²) in [6.07, 6.45) is 7.50. The quantitative estimate of drug-likeness (QED) is 0.740. The molecule has 106 valence electrons. The lowest BCUT2D eigenvalue weighted by Crippen LogP contribution is -2.31. The lowest BCUT2D eigenvalue weighted by Gasteiger charge is -2.37. The van der Waals surface area contributed by atoms with Crippen molar-refractivity contribution in [2.75, 3.05) is 11.6 Å². The van der Waals surface area contributed by atoms with E-state index in [1.165, 1.54) is 36.3 Å². The first-order valence-corrected chi connectivity index (χ1v) is 8.62. The average molecular weight is 277 g/mol. The summed E-state index contributed by atoms with van der Waals surface area (Å²) in [5.74, 6) is 0.890. The fourth-order valence-corrected chi connectivity index (χ4v) is 3.65. The third kappa shape index (κ3) is 3.92. The molecule has 1 fully saturated rings. The number of rotatable bonds is 3. The molecule has 2 rings (SSSR count). The largest absolute Gasteiger partial charge is 0.381 e. The minimum absolute atomic E-state index is 0.474. The van der Waals surface area contributed by atoms with Gasteiger partial charge in [-0.3, -0.25) is 0 Å². The van der Waals surface area contributed by atoms with Crippen LogP contribution in [0.4, 0.5) is 5.69 Å². The molecule has 0 aromatic heterocycles. The first-order chi connectivity index (χ1) is 9.00. The normalized spacial score (nSPS) is 24.2. The Bertz CT molecular complexity index is 400. The van der Waals surface area contributed by atoms with Crippen LogP contribution in [-0.2, 0) is 0 Å². The Kier molecular flexibility index (Phi) is 4.83. The van der Waals surface area contributed by atoms with E-state index in [0.717, 1.165) is 5.92 Å². The topological polar surface area (TPSA) is 12.0 Å². The fraction of sp³-hybridized carbons (Fsp3) is 0.647. The predicted molar refractivity (Wildman–Crippen MR) is 87.0 cm³/mol. The molecule has 19 heavy (non-hydrogen) atoms. The van der Waals surface area contributed by atoms with Crippen LogP contribution in [0.1, 0.15) is 46.5 Å². The van der Waals surface area contributed by atoms with Gasteiger partial charge in [0.15, 0.2) is 0 Å². The summed E-state index contributed by atoms with van der Waals surface area (Å²) in [4.78, 5) is 1.36. The van der Waals surface area contributed by atoms with Gasteiger partial charge in [0.2, 0.25) is 0 Å². The van der Waals surface area contributed by atoms with Crippen molar-refractivity contribution in [2.24, 2.45) is 11.3 Å². The van der Waals surface area contributed by atoms with Gasteiger partial charge in [-0.25, -0.2) is 0 Å². The Morgan fingerprint density at radius 1 is 1.05 bits per heavy atom. The number of anilines is 1. The Labute approximate surface area is 122 Å². The van der Waals surface area contributed by atoms with Gasteiger partial charge in [-0.1, -0.05) is 32.9 Å². The van der Waals surface area contributed by atoms with E-state index in [1.54, 1.807) is 0 Å². The van der Waals surface area contributed by atoms with Crippen molar-refractivity contribution in [1.29, 1.82) is 0 Å². The van der Waals surface area contributed by atoms with Crippen LogP contribution in [-0.4, -0.2) is 12.3 Å². The molecule has 0 bridgehead atoms. The number of nitrogens with one attached hydrogen (secondary N) is 1. The zero-order valence-electron chi connectivity index (χ0n) is 12.7. The van der Waals surface area contributed by atoms with Crippen molar-refractivity contribution in [3.63, 3.8) is 0 Å². The molecule has 2 heteroatoms. The molecular formula is C17H27NS. The third-order valence-electron chi connectivity index (χ3n) is 4.42. The second-order valence-corrected chi connectivity index (χ2v) is 7.61. The van der Waals surface area contributed by atoms with E-state index in [9.17, 15) is 0 Å². The van der Waals surface area contributed by atoms with Gasteiger partial charge in [-0.15, -0.1) is 11.8 Å². The summed E-state index contributed by atoms with van der Waals surface area (Å²) >= 11 is 1.83. The van der Waals surface area contributed by atoms with Gasteiger partial charge in [0.05, 0.1) is 0 Å². The number of hydrogen-bond donors (Lipinski definition) is 1. The van der Waals surface area contributed by atoms with E-state index in [2.05, 4.69) is 56.6 Å². The first kappa shape index (κ1) is 14.8. The van der Waals surface area contributed by atoms with Crippen LogP contribution in [0.25, 0.3) is 0 Å². The van der Waals surface area contributed by atoms with Crippen molar-refractivity contribution in [2.45, 2.75) is 57.4 Å². The number of thioether (sulfide) groups is 1. The fourth-order valence-electron chi connectivity index (χ4n) is 3.09. The molecule has 0 unspecified atom stereocenters. The summed E-state index contributed by atoms with van der Waals surface area (Å²) in [6.45, 7) is 7.15. The van der Waals surface area contributed by atoms with Gasteiger partial charge < -0.3 is 5.32 Å². The number of benzene rings is 1. The van der Waals surface area contributed by atoms with Crippen LogP contribution < -0.4 is 5.32 Å². The van der Waals surface area contributed by atoms with Crippen LogP contribution in [0.2, 0.25) is 0 Å². The zero-order chi connectivity index (χ0) is 13.9. The lowest BCUT2D eigenvalue weighted by molar-refractivity contribution is 0.173. The Balaban J connectivity index is 1.92. The Morgan fingerprint density at radius 3 is 2.26 bits per heavy atom. The molecule has 0 spiro atoms. The van der Waals surface area contributed by atoms with Gasteiger partial charge in [-0.05, 0) is 55.4 Å². The van der Waals surface area contributed by atoms with Crippen molar-refractivity contribution in [3.8, 4) is 0 Å². The molecule has 1 nitrogen and oxygen atoms in total. The van der Waals surface area contributed by atoms with Crippen LogP contribution >= 0.6 is 11.8 Å². The van der Waals surface area contributed by atoms with Crippen molar-refractivity contribution in [3.05, 3.63) is 24.3 Å². The highest BCUT2D eigenvalue weighted by molar-refractivity contribution is 7.98. The SMILES string of the molecule is CSc1ccccc1NC1CCC(C(C)(C)C)CC1.